The van der Waals surface area contributed by atoms with Gasteiger partial charge in [0.05, 0.1) is 11.2 Å². The molecule has 3 heterocycles. The molecule has 0 unspecified atom stereocenters. The molecule has 27 heavy (non-hydrogen) atoms. The first kappa shape index (κ1) is 17.8. The lowest BCUT2D eigenvalue weighted by Crippen LogP contribution is -2.43. The molecule has 0 radical (unpaired) electrons. The fourth-order valence-corrected chi connectivity index (χ4v) is 3.97. The average Bonchev–Trinajstić information content (AvgIpc) is 3.17. The Balaban J connectivity index is 1.69. The number of nitrogens with one attached hydrogen (secondary N) is 3. The Bertz CT molecular complexity index is 892. The highest BCUT2D eigenvalue weighted by atomic mass is 16.5. The van der Waals surface area contributed by atoms with Crippen molar-refractivity contribution in [2.75, 3.05) is 26.3 Å². The molecule has 2 aliphatic rings. The van der Waals surface area contributed by atoms with Gasteiger partial charge in [-0.05, 0) is 18.9 Å². The number of aromatic nitrogens is 1. The minimum Gasteiger partial charge on any atom is -0.385 e. The number of hydrogen-bond acceptors (Lipinski definition) is 4. The van der Waals surface area contributed by atoms with Crippen LogP contribution in [-0.4, -0.2) is 53.8 Å². The van der Waals surface area contributed by atoms with Crippen LogP contribution in [0.1, 0.15) is 31.7 Å². The second-order valence-electron chi connectivity index (χ2n) is 7.30. The third-order valence-electron chi connectivity index (χ3n) is 5.55. The van der Waals surface area contributed by atoms with Crippen LogP contribution >= 0.6 is 0 Å². The van der Waals surface area contributed by atoms with Gasteiger partial charge >= 0.3 is 0 Å². The minimum atomic E-state index is 0.0588. The van der Waals surface area contributed by atoms with Crippen LogP contribution in [0.4, 0.5) is 0 Å². The van der Waals surface area contributed by atoms with Crippen LogP contribution in [-0.2, 0) is 9.53 Å². The standard InChI is InChI=1S/C21H26N4O2/c1-14(26)25-10-6-19(24-16-7-11-27-12-8-16)18(13-25)20(22)17-4-2-3-15-5-9-23-21(15)17/h2-5,9,16,22-24H,6-8,10-13H2,1H3. The zero-order valence-corrected chi connectivity index (χ0v) is 15.7. The largest absolute Gasteiger partial charge is 0.385 e. The maximum atomic E-state index is 12.0. The number of ether oxygens (including phenoxy) is 1. The first-order chi connectivity index (χ1) is 13.1. The van der Waals surface area contributed by atoms with E-state index in [1.165, 1.54) is 0 Å². The van der Waals surface area contributed by atoms with E-state index in [4.69, 9.17) is 10.1 Å². The number of para-hydroxylation sites is 1. The van der Waals surface area contributed by atoms with Gasteiger partial charge in [-0.3, -0.25) is 10.2 Å². The maximum absolute atomic E-state index is 12.0. The predicted octanol–water partition coefficient (Wildman–Crippen LogP) is 2.81. The molecule has 0 aliphatic carbocycles. The summed E-state index contributed by atoms with van der Waals surface area (Å²) in [5, 5.41) is 13.7. The summed E-state index contributed by atoms with van der Waals surface area (Å²) in [5.41, 5.74) is 4.37. The molecule has 2 aliphatic heterocycles. The molecule has 1 aromatic heterocycles. The van der Waals surface area contributed by atoms with Gasteiger partial charge in [0.2, 0.25) is 5.91 Å². The van der Waals surface area contributed by atoms with Gasteiger partial charge in [-0.15, -0.1) is 0 Å². The van der Waals surface area contributed by atoms with Gasteiger partial charge < -0.3 is 19.9 Å². The van der Waals surface area contributed by atoms with Gasteiger partial charge in [-0.25, -0.2) is 0 Å². The van der Waals surface area contributed by atoms with E-state index in [9.17, 15) is 4.79 Å². The van der Waals surface area contributed by atoms with Gasteiger partial charge in [0.15, 0.2) is 0 Å². The molecule has 0 saturated carbocycles. The number of amides is 1. The van der Waals surface area contributed by atoms with Crippen LogP contribution in [0.2, 0.25) is 0 Å². The first-order valence-electron chi connectivity index (χ1n) is 9.60. The molecule has 142 valence electrons. The summed E-state index contributed by atoms with van der Waals surface area (Å²) in [7, 11) is 0. The molecule has 6 nitrogen and oxygen atoms in total. The van der Waals surface area contributed by atoms with Crippen molar-refractivity contribution in [3.63, 3.8) is 0 Å². The second kappa shape index (κ2) is 7.56. The molecular weight excluding hydrogens is 340 g/mol. The number of carbonyl (C=O) groups excluding carboxylic acids is 1. The number of benzene rings is 1. The van der Waals surface area contributed by atoms with Crippen molar-refractivity contribution in [3.8, 4) is 0 Å². The molecule has 1 saturated heterocycles. The van der Waals surface area contributed by atoms with Crippen LogP contribution in [0.3, 0.4) is 0 Å². The molecule has 1 amide bonds. The molecule has 0 atom stereocenters. The maximum Gasteiger partial charge on any atom is 0.219 e. The number of fused-ring (bicyclic) bond motifs is 1. The monoisotopic (exact) mass is 366 g/mol. The van der Waals surface area contributed by atoms with Crippen LogP contribution < -0.4 is 5.32 Å². The molecule has 2 aromatic rings. The lowest BCUT2D eigenvalue weighted by molar-refractivity contribution is -0.128. The molecular formula is C21H26N4O2. The number of rotatable bonds is 4. The lowest BCUT2D eigenvalue weighted by atomic mass is 9.94. The predicted molar refractivity (Wildman–Crippen MR) is 106 cm³/mol. The average molecular weight is 366 g/mol. The highest BCUT2D eigenvalue weighted by Crippen LogP contribution is 2.25. The fraction of sp³-hybridized carbons (Fsp3) is 0.429. The summed E-state index contributed by atoms with van der Waals surface area (Å²) >= 11 is 0. The number of hydrogen-bond donors (Lipinski definition) is 3. The second-order valence-corrected chi connectivity index (χ2v) is 7.30. The van der Waals surface area contributed by atoms with E-state index in [2.05, 4.69) is 10.3 Å². The molecule has 3 N–H and O–H groups in total. The molecule has 1 aromatic carbocycles. The Hall–Kier alpha value is -2.60. The molecule has 6 heteroatoms. The Kier molecular flexibility index (Phi) is 4.99. The lowest BCUT2D eigenvalue weighted by Gasteiger charge is -2.34. The molecule has 0 spiro atoms. The van der Waals surface area contributed by atoms with Crippen molar-refractivity contribution < 1.29 is 9.53 Å². The van der Waals surface area contributed by atoms with Gasteiger partial charge in [0.1, 0.15) is 0 Å². The smallest absolute Gasteiger partial charge is 0.219 e. The minimum absolute atomic E-state index is 0.0588. The zero-order chi connectivity index (χ0) is 18.8. The van der Waals surface area contributed by atoms with Crippen molar-refractivity contribution in [2.24, 2.45) is 0 Å². The zero-order valence-electron chi connectivity index (χ0n) is 15.7. The normalized spacial score (nSPS) is 18.8. The van der Waals surface area contributed by atoms with Gasteiger partial charge in [-0.1, -0.05) is 18.2 Å². The molecule has 4 rings (SSSR count). The summed E-state index contributed by atoms with van der Waals surface area (Å²) in [6.07, 6.45) is 4.62. The van der Waals surface area contributed by atoms with Crippen molar-refractivity contribution in [3.05, 3.63) is 47.3 Å². The van der Waals surface area contributed by atoms with E-state index in [0.29, 0.717) is 24.8 Å². The topological polar surface area (TPSA) is 81.2 Å². The Morgan fingerprint density at radius 1 is 1.30 bits per heavy atom. The number of H-pyrrole nitrogens is 1. The summed E-state index contributed by atoms with van der Waals surface area (Å²) in [6, 6.07) is 8.40. The van der Waals surface area contributed by atoms with E-state index in [1.54, 1.807) is 6.92 Å². The van der Waals surface area contributed by atoms with Crippen LogP contribution in [0.5, 0.6) is 0 Å². The van der Waals surface area contributed by atoms with Gasteiger partial charge in [0, 0.05) is 74.1 Å². The third-order valence-corrected chi connectivity index (χ3v) is 5.55. The summed E-state index contributed by atoms with van der Waals surface area (Å²) in [6.45, 7) is 4.34. The van der Waals surface area contributed by atoms with Crippen molar-refractivity contribution in [1.82, 2.24) is 15.2 Å². The summed E-state index contributed by atoms with van der Waals surface area (Å²) < 4.78 is 5.46. The van der Waals surface area contributed by atoms with Crippen LogP contribution in [0, 0.1) is 5.41 Å². The quantitative estimate of drug-likeness (QED) is 0.728. The summed E-state index contributed by atoms with van der Waals surface area (Å²) in [4.78, 5) is 17.0. The number of aromatic amines is 1. The van der Waals surface area contributed by atoms with E-state index in [-0.39, 0.29) is 5.91 Å². The van der Waals surface area contributed by atoms with Crippen LogP contribution in [0.15, 0.2) is 41.7 Å². The van der Waals surface area contributed by atoms with E-state index < -0.39 is 0 Å². The number of nitrogens with zero attached hydrogens (tertiary/aromatic N) is 1. The Morgan fingerprint density at radius 2 is 2.11 bits per heavy atom. The van der Waals surface area contributed by atoms with E-state index in [1.807, 2.05) is 35.4 Å². The molecule has 0 bridgehead atoms. The van der Waals surface area contributed by atoms with Crippen molar-refractivity contribution in [2.45, 2.75) is 32.2 Å². The summed E-state index contributed by atoms with van der Waals surface area (Å²) in [5.74, 6) is 0.0588. The van der Waals surface area contributed by atoms with Gasteiger partial charge in [-0.2, -0.15) is 0 Å². The fourth-order valence-electron chi connectivity index (χ4n) is 3.97. The molecule has 1 fully saturated rings. The first-order valence-corrected chi connectivity index (χ1v) is 9.60. The SMILES string of the molecule is CC(=O)N1CCC(NC2CCOCC2)=C(C(=N)c2cccc3cc[nH]c23)C1. The van der Waals surface area contributed by atoms with Crippen molar-refractivity contribution >= 4 is 22.5 Å². The number of carbonyl (C=O) groups is 1. The van der Waals surface area contributed by atoms with Crippen LogP contribution in [0.25, 0.3) is 10.9 Å². The Morgan fingerprint density at radius 3 is 2.89 bits per heavy atom. The third kappa shape index (κ3) is 3.62. The van der Waals surface area contributed by atoms with Gasteiger partial charge in [0.25, 0.3) is 0 Å². The Labute approximate surface area is 159 Å². The highest BCUT2D eigenvalue weighted by Gasteiger charge is 2.26. The van der Waals surface area contributed by atoms with E-state index in [0.717, 1.165) is 60.2 Å². The van der Waals surface area contributed by atoms with E-state index >= 15 is 0 Å². The highest BCUT2D eigenvalue weighted by molar-refractivity contribution is 6.17. The van der Waals surface area contributed by atoms with Crippen molar-refractivity contribution in [1.29, 1.82) is 5.41 Å².